The largest absolute Gasteiger partial charge is 0.444 e. The van der Waals surface area contributed by atoms with Crippen LogP contribution in [0.25, 0.3) is 0 Å². The van der Waals surface area contributed by atoms with Crippen LogP contribution in [-0.4, -0.2) is 26.6 Å². The van der Waals surface area contributed by atoms with E-state index in [2.05, 4.69) is 15.3 Å². The third kappa shape index (κ3) is 4.41. The van der Waals surface area contributed by atoms with Crippen LogP contribution in [0.1, 0.15) is 20.8 Å². The first-order chi connectivity index (χ1) is 7.78. The minimum atomic E-state index is -0.716. The van der Waals surface area contributed by atoms with Gasteiger partial charge in [-0.1, -0.05) is 0 Å². The fourth-order valence-electron chi connectivity index (χ4n) is 0.875. The van der Waals surface area contributed by atoms with Gasteiger partial charge in [0.2, 0.25) is 5.95 Å². The van der Waals surface area contributed by atoms with Crippen LogP contribution in [0.5, 0.6) is 0 Å². The molecule has 1 N–H and O–H groups in total. The van der Waals surface area contributed by atoms with Gasteiger partial charge in [-0.3, -0.25) is 15.4 Å². The van der Waals surface area contributed by atoms with Gasteiger partial charge in [0.25, 0.3) is 0 Å². The van der Waals surface area contributed by atoms with E-state index in [1.54, 1.807) is 20.8 Å². The lowest BCUT2D eigenvalue weighted by atomic mass is 10.2. The molecule has 1 heterocycles. The Morgan fingerprint density at radius 1 is 1.41 bits per heavy atom. The zero-order valence-electron chi connectivity index (χ0n) is 9.63. The molecule has 0 atom stereocenters. The lowest BCUT2D eigenvalue weighted by molar-refractivity contribution is -0.385. The van der Waals surface area contributed by atoms with E-state index < -0.39 is 16.6 Å². The van der Waals surface area contributed by atoms with E-state index in [9.17, 15) is 14.9 Å². The Balaban J connectivity index is 2.64. The molecule has 0 fully saturated rings. The van der Waals surface area contributed by atoms with E-state index in [1.807, 2.05) is 0 Å². The van der Waals surface area contributed by atoms with E-state index in [0.29, 0.717) is 0 Å². The van der Waals surface area contributed by atoms with Gasteiger partial charge < -0.3 is 4.74 Å². The number of aromatic nitrogens is 2. The van der Waals surface area contributed by atoms with Crippen molar-refractivity contribution in [2.45, 2.75) is 26.4 Å². The van der Waals surface area contributed by atoms with Crippen molar-refractivity contribution in [1.82, 2.24) is 9.97 Å². The van der Waals surface area contributed by atoms with Crippen molar-refractivity contribution in [2.24, 2.45) is 0 Å². The highest BCUT2D eigenvalue weighted by Gasteiger charge is 2.17. The summed E-state index contributed by atoms with van der Waals surface area (Å²) >= 11 is 0. The van der Waals surface area contributed by atoms with Crippen molar-refractivity contribution in [1.29, 1.82) is 0 Å². The summed E-state index contributed by atoms with van der Waals surface area (Å²) in [5.74, 6) is -0.0511. The fourth-order valence-corrected chi connectivity index (χ4v) is 0.875. The molecule has 0 spiro atoms. The van der Waals surface area contributed by atoms with Crippen LogP contribution in [0, 0.1) is 10.1 Å². The monoisotopic (exact) mass is 240 g/mol. The SMILES string of the molecule is CC(C)(C)OC(=O)Nc1ncc([N+](=O)[O-])cn1. The molecule has 0 radical (unpaired) electrons. The number of carbonyl (C=O) groups is 1. The van der Waals surface area contributed by atoms with Crippen molar-refractivity contribution in [3.63, 3.8) is 0 Å². The maximum atomic E-state index is 11.3. The van der Waals surface area contributed by atoms with Gasteiger partial charge in [-0.25, -0.2) is 14.8 Å². The van der Waals surface area contributed by atoms with Crippen molar-refractivity contribution in [3.05, 3.63) is 22.5 Å². The molecule has 92 valence electrons. The van der Waals surface area contributed by atoms with Gasteiger partial charge in [-0.15, -0.1) is 0 Å². The van der Waals surface area contributed by atoms with Crippen LogP contribution in [0.15, 0.2) is 12.4 Å². The van der Waals surface area contributed by atoms with Gasteiger partial charge in [0.1, 0.15) is 18.0 Å². The minimum absolute atomic E-state index is 0.0511. The summed E-state index contributed by atoms with van der Waals surface area (Å²) < 4.78 is 4.96. The molecule has 0 bridgehead atoms. The van der Waals surface area contributed by atoms with E-state index in [-0.39, 0.29) is 11.6 Å². The predicted octanol–water partition coefficient (Wildman–Crippen LogP) is 1.73. The Hall–Kier alpha value is -2.25. The number of ether oxygens (including phenoxy) is 1. The standard InChI is InChI=1S/C9H12N4O4/c1-9(2,3)17-8(14)12-7-10-4-6(5-11-7)13(15)16/h4-5H,1-3H3,(H,10,11,12,14). The van der Waals surface area contributed by atoms with Gasteiger partial charge in [-0.05, 0) is 20.8 Å². The van der Waals surface area contributed by atoms with Gasteiger partial charge in [-0.2, -0.15) is 0 Å². The first kappa shape index (κ1) is 12.8. The van der Waals surface area contributed by atoms with Crippen LogP contribution in [0.4, 0.5) is 16.4 Å². The number of nitrogens with zero attached hydrogens (tertiary/aromatic N) is 3. The number of carbonyl (C=O) groups excluding carboxylic acids is 1. The summed E-state index contributed by atoms with van der Waals surface area (Å²) in [6, 6.07) is 0. The molecule has 0 saturated heterocycles. The fraction of sp³-hybridized carbons (Fsp3) is 0.444. The first-order valence-electron chi connectivity index (χ1n) is 4.74. The molecule has 1 rings (SSSR count). The normalized spacial score (nSPS) is 10.8. The summed E-state index contributed by atoms with van der Waals surface area (Å²) in [5.41, 5.74) is -0.884. The minimum Gasteiger partial charge on any atom is -0.444 e. The lowest BCUT2D eigenvalue weighted by Gasteiger charge is -2.19. The highest BCUT2D eigenvalue weighted by Crippen LogP contribution is 2.10. The second-order valence-electron chi connectivity index (χ2n) is 4.15. The van der Waals surface area contributed by atoms with E-state index in [0.717, 1.165) is 12.4 Å². The third-order valence-corrected chi connectivity index (χ3v) is 1.46. The number of nitro groups is 1. The van der Waals surface area contributed by atoms with Crippen LogP contribution < -0.4 is 5.32 Å². The van der Waals surface area contributed by atoms with E-state index >= 15 is 0 Å². The molecule has 8 heteroatoms. The Labute approximate surface area is 97.2 Å². The molecule has 1 aromatic rings. The average Bonchev–Trinajstić information content (AvgIpc) is 2.15. The molecule has 8 nitrogen and oxygen atoms in total. The number of hydrogen-bond acceptors (Lipinski definition) is 6. The number of amides is 1. The van der Waals surface area contributed by atoms with E-state index in [1.165, 1.54) is 0 Å². The highest BCUT2D eigenvalue weighted by molar-refractivity contribution is 5.82. The third-order valence-electron chi connectivity index (χ3n) is 1.46. The smallest absolute Gasteiger partial charge is 0.414 e. The zero-order valence-corrected chi connectivity index (χ0v) is 9.63. The Kier molecular flexibility index (Phi) is 3.56. The molecule has 17 heavy (non-hydrogen) atoms. The summed E-state index contributed by atoms with van der Waals surface area (Å²) in [7, 11) is 0. The van der Waals surface area contributed by atoms with Gasteiger partial charge in [0.15, 0.2) is 0 Å². The molecule has 0 aliphatic carbocycles. The van der Waals surface area contributed by atoms with Gasteiger partial charge >= 0.3 is 11.8 Å². The maximum absolute atomic E-state index is 11.3. The van der Waals surface area contributed by atoms with Crippen LogP contribution in [-0.2, 0) is 4.74 Å². The summed E-state index contributed by atoms with van der Waals surface area (Å²) in [6.45, 7) is 5.13. The van der Waals surface area contributed by atoms with Crippen LogP contribution in [0.2, 0.25) is 0 Å². The van der Waals surface area contributed by atoms with Gasteiger partial charge in [0.05, 0.1) is 4.92 Å². The molecule has 0 aliphatic rings. The molecule has 0 saturated carbocycles. The van der Waals surface area contributed by atoms with Gasteiger partial charge in [0, 0.05) is 0 Å². The van der Waals surface area contributed by atoms with Crippen molar-refractivity contribution in [2.75, 3.05) is 5.32 Å². The molecule has 1 amide bonds. The molecular weight excluding hydrogens is 228 g/mol. The molecule has 1 aromatic heterocycles. The van der Waals surface area contributed by atoms with Crippen LogP contribution >= 0.6 is 0 Å². The quantitative estimate of drug-likeness (QED) is 0.623. The van der Waals surface area contributed by atoms with Crippen molar-refractivity contribution in [3.8, 4) is 0 Å². The predicted molar refractivity (Wildman–Crippen MR) is 58.5 cm³/mol. The van der Waals surface area contributed by atoms with E-state index in [4.69, 9.17) is 4.74 Å². The second kappa shape index (κ2) is 4.73. The number of nitrogens with one attached hydrogen (secondary N) is 1. The Morgan fingerprint density at radius 2 is 1.94 bits per heavy atom. The lowest BCUT2D eigenvalue weighted by Crippen LogP contribution is -2.27. The molecule has 0 aromatic carbocycles. The summed E-state index contributed by atoms with van der Waals surface area (Å²) in [4.78, 5) is 28.2. The van der Waals surface area contributed by atoms with Crippen molar-refractivity contribution >= 4 is 17.7 Å². The Bertz CT molecular complexity index is 424. The number of rotatable bonds is 2. The highest BCUT2D eigenvalue weighted by atomic mass is 16.6. The number of anilines is 1. The Morgan fingerprint density at radius 3 is 2.35 bits per heavy atom. The molecule has 0 aliphatic heterocycles. The number of hydrogen-bond donors (Lipinski definition) is 1. The van der Waals surface area contributed by atoms with Crippen LogP contribution in [0.3, 0.4) is 0 Å². The first-order valence-corrected chi connectivity index (χ1v) is 4.74. The summed E-state index contributed by atoms with van der Waals surface area (Å²) in [5, 5.41) is 12.6. The molecular formula is C9H12N4O4. The van der Waals surface area contributed by atoms with Crippen molar-refractivity contribution < 1.29 is 14.5 Å². The second-order valence-corrected chi connectivity index (χ2v) is 4.15. The topological polar surface area (TPSA) is 107 Å². The molecule has 0 unspecified atom stereocenters. The average molecular weight is 240 g/mol. The maximum Gasteiger partial charge on any atom is 0.414 e. The zero-order chi connectivity index (χ0) is 13.1. The summed E-state index contributed by atoms with van der Waals surface area (Å²) in [6.07, 6.45) is 1.28.